The van der Waals surface area contributed by atoms with Crippen LogP contribution < -0.4 is 11.0 Å². The number of aryl methyl sites for hydroxylation is 1. The Bertz CT molecular complexity index is 649. The number of anilines is 2. The van der Waals surface area contributed by atoms with E-state index in [0.29, 0.717) is 22.8 Å². The molecule has 2 rings (SSSR count). The van der Waals surface area contributed by atoms with Crippen LogP contribution in [-0.4, -0.2) is 28.3 Å². The van der Waals surface area contributed by atoms with Crippen LogP contribution in [0.15, 0.2) is 29.1 Å². The standard InChI is InChI=1S/C12H12N4O3/c1-7-10(14-12(18)16-15-7)13-9-5-3-8(4-6-9)11(17)19-2/h3-6H,1-2H3,(H2,13,14,16,18). The Hall–Kier alpha value is -2.70. The number of carbonyl (C=O) groups excluding carboxylic acids is 1. The van der Waals surface area contributed by atoms with Gasteiger partial charge in [-0.15, -0.1) is 0 Å². The van der Waals surface area contributed by atoms with Crippen LogP contribution in [0.25, 0.3) is 0 Å². The molecule has 0 bridgehead atoms. The van der Waals surface area contributed by atoms with Crippen molar-refractivity contribution in [1.29, 1.82) is 0 Å². The summed E-state index contributed by atoms with van der Waals surface area (Å²) < 4.78 is 4.60. The second-order valence-electron chi connectivity index (χ2n) is 3.77. The largest absolute Gasteiger partial charge is 0.465 e. The van der Waals surface area contributed by atoms with E-state index >= 15 is 0 Å². The van der Waals surface area contributed by atoms with Crippen molar-refractivity contribution in [1.82, 2.24) is 15.2 Å². The maximum Gasteiger partial charge on any atom is 0.363 e. The van der Waals surface area contributed by atoms with Crippen LogP contribution in [0.5, 0.6) is 0 Å². The minimum Gasteiger partial charge on any atom is -0.465 e. The van der Waals surface area contributed by atoms with Gasteiger partial charge in [-0.1, -0.05) is 0 Å². The Morgan fingerprint density at radius 2 is 2.00 bits per heavy atom. The first-order valence-electron chi connectivity index (χ1n) is 5.49. The lowest BCUT2D eigenvalue weighted by Crippen LogP contribution is -2.15. The smallest absolute Gasteiger partial charge is 0.363 e. The van der Waals surface area contributed by atoms with Crippen molar-refractivity contribution in [3.05, 3.63) is 46.0 Å². The summed E-state index contributed by atoms with van der Waals surface area (Å²) in [5, 5.41) is 8.99. The molecule has 0 aliphatic carbocycles. The zero-order chi connectivity index (χ0) is 13.8. The summed E-state index contributed by atoms with van der Waals surface area (Å²) in [6, 6.07) is 6.61. The van der Waals surface area contributed by atoms with Crippen LogP contribution >= 0.6 is 0 Å². The third-order valence-corrected chi connectivity index (χ3v) is 2.44. The number of aromatic nitrogens is 3. The summed E-state index contributed by atoms with van der Waals surface area (Å²) in [7, 11) is 1.32. The molecule has 1 heterocycles. The van der Waals surface area contributed by atoms with E-state index in [2.05, 4.69) is 25.2 Å². The summed E-state index contributed by atoms with van der Waals surface area (Å²) in [4.78, 5) is 26.1. The number of nitrogens with one attached hydrogen (secondary N) is 2. The fourth-order valence-corrected chi connectivity index (χ4v) is 1.45. The van der Waals surface area contributed by atoms with Crippen molar-refractivity contribution < 1.29 is 9.53 Å². The average Bonchev–Trinajstić information content (AvgIpc) is 2.43. The zero-order valence-electron chi connectivity index (χ0n) is 10.4. The fourth-order valence-electron chi connectivity index (χ4n) is 1.45. The average molecular weight is 260 g/mol. The van der Waals surface area contributed by atoms with Crippen molar-refractivity contribution in [3.63, 3.8) is 0 Å². The van der Waals surface area contributed by atoms with E-state index in [0.717, 1.165) is 0 Å². The summed E-state index contributed by atoms with van der Waals surface area (Å²) in [5.74, 6) is -0.0340. The van der Waals surface area contributed by atoms with Gasteiger partial charge in [0.1, 0.15) is 5.69 Å². The number of methoxy groups -OCH3 is 1. The first-order chi connectivity index (χ1) is 9.10. The number of benzene rings is 1. The van der Waals surface area contributed by atoms with Gasteiger partial charge < -0.3 is 10.1 Å². The molecule has 7 nitrogen and oxygen atoms in total. The van der Waals surface area contributed by atoms with Gasteiger partial charge in [0.25, 0.3) is 0 Å². The molecule has 1 aromatic carbocycles. The van der Waals surface area contributed by atoms with Gasteiger partial charge in [0.2, 0.25) is 0 Å². The molecule has 0 unspecified atom stereocenters. The molecule has 1 aromatic heterocycles. The van der Waals surface area contributed by atoms with Gasteiger partial charge in [0.05, 0.1) is 12.7 Å². The number of carbonyl (C=O) groups is 1. The van der Waals surface area contributed by atoms with E-state index in [1.54, 1.807) is 31.2 Å². The molecule has 0 atom stereocenters. The van der Waals surface area contributed by atoms with Crippen LogP contribution in [0.3, 0.4) is 0 Å². The molecule has 19 heavy (non-hydrogen) atoms. The molecule has 98 valence electrons. The van der Waals surface area contributed by atoms with Crippen molar-refractivity contribution >= 4 is 17.5 Å². The van der Waals surface area contributed by atoms with Crippen molar-refractivity contribution in [3.8, 4) is 0 Å². The SMILES string of the molecule is COC(=O)c1ccc(Nc2nc(=O)[nH]nc2C)cc1. The summed E-state index contributed by atoms with van der Waals surface area (Å²) >= 11 is 0. The van der Waals surface area contributed by atoms with E-state index < -0.39 is 11.7 Å². The van der Waals surface area contributed by atoms with Crippen LogP contribution in [0.2, 0.25) is 0 Å². The highest BCUT2D eigenvalue weighted by molar-refractivity contribution is 5.89. The molecule has 0 saturated heterocycles. The second-order valence-corrected chi connectivity index (χ2v) is 3.77. The lowest BCUT2D eigenvalue weighted by atomic mass is 10.2. The lowest BCUT2D eigenvalue weighted by Gasteiger charge is -2.07. The third kappa shape index (κ3) is 2.95. The number of ether oxygens (including phenoxy) is 1. The quantitative estimate of drug-likeness (QED) is 0.799. The molecule has 0 spiro atoms. The Kier molecular flexibility index (Phi) is 3.56. The molecule has 2 N–H and O–H groups in total. The predicted molar refractivity (Wildman–Crippen MR) is 68.5 cm³/mol. The van der Waals surface area contributed by atoms with Crippen molar-refractivity contribution in [2.75, 3.05) is 12.4 Å². The van der Waals surface area contributed by atoms with Gasteiger partial charge in [0, 0.05) is 5.69 Å². The van der Waals surface area contributed by atoms with E-state index in [1.165, 1.54) is 7.11 Å². The molecule has 0 radical (unpaired) electrons. The van der Waals surface area contributed by atoms with Crippen molar-refractivity contribution in [2.24, 2.45) is 0 Å². The maximum atomic E-state index is 11.3. The first-order valence-corrected chi connectivity index (χ1v) is 5.49. The van der Waals surface area contributed by atoms with Crippen LogP contribution in [0.1, 0.15) is 16.1 Å². The Morgan fingerprint density at radius 3 is 2.63 bits per heavy atom. The second kappa shape index (κ2) is 5.30. The minimum atomic E-state index is -0.528. The van der Waals surface area contributed by atoms with Gasteiger partial charge in [-0.25, -0.2) is 14.7 Å². The highest BCUT2D eigenvalue weighted by Gasteiger charge is 2.06. The van der Waals surface area contributed by atoms with E-state index in [-0.39, 0.29) is 0 Å². The molecule has 0 amide bonds. The zero-order valence-corrected chi connectivity index (χ0v) is 10.4. The molecule has 0 aliphatic rings. The minimum absolute atomic E-state index is 0.370. The van der Waals surface area contributed by atoms with Gasteiger partial charge in [-0.3, -0.25) is 0 Å². The molecule has 0 aliphatic heterocycles. The number of nitrogens with zero attached hydrogens (tertiary/aromatic N) is 2. The monoisotopic (exact) mass is 260 g/mol. The fraction of sp³-hybridized carbons (Fsp3) is 0.167. The number of hydrogen-bond donors (Lipinski definition) is 2. The highest BCUT2D eigenvalue weighted by atomic mass is 16.5. The molecule has 7 heteroatoms. The van der Waals surface area contributed by atoms with Crippen LogP contribution in [0, 0.1) is 6.92 Å². The molecule has 2 aromatic rings. The third-order valence-electron chi connectivity index (χ3n) is 2.44. The predicted octanol–water partition coefficient (Wildman–Crippen LogP) is 1.00. The molecule has 0 fully saturated rings. The molecular weight excluding hydrogens is 248 g/mol. The number of H-pyrrole nitrogens is 1. The first kappa shape index (κ1) is 12.7. The summed E-state index contributed by atoms with van der Waals surface area (Å²) in [6.07, 6.45) is 0. The number of rotatable bonds is 3. The Balaban J connectivity index is 2.22. The molecule has 0 saturated carbocycles. The van der Waals surface area contributed by atoms with Crippen LogP contribution in [-0.2, 0) is 4.74 Å². The van der Waals surface area contributed by atoms with Crippen LogP contribution in [0.4, 0.5) is 11.5 Å². The van der Waals surface area contributed by atoms with Gasteiger partial charge in [-0.05, 0) is 31.2 Å². The summed E-state index contributed by atoms with van der Waals surface area (Å²) in [5.41, 5.74) is 1.17. The maximum absolute atomic E-state index is 11.3. The summed E-state index contributed by atoms with van der Waals surface area (Å²) in [6.45, 7) is 1.72. The number of esters is 1. The van der Waals surface area contributed by atoms with Crippen molar-refractivity contribution in [2.45, 2.75) is 6.92 Å². The van der Waals surface area contributed by atoms with E-state index in [9.17, 15) is 9.59 Å². The van der Waals surface area contributed by atoms with Gasteiger partial charge in [-0.2, -0.15) is 10.1 Å². The van der Waals surface area contributed by atoms with Gasteiger partial charge >= 0.3 is 11.7 Å². The van der Waals surface area contributed by atoms with Gasteiger partial charge in [0.15, 0.2) is 5.82 Å². The highest BCUT2D eigenvalue weighted by Crippen LogP contribution is 2.16. The Morgan fingerprint density at radius 1 is 1.32 bits per heavy atom. The number of hydrogen-bond acceptors (Lipinski definition) is 6. The Labute approximate surface area is 108 Å². The van der Waals surface area contributed by atoms with E-state index in [1.807, 2.05) is 0 Å². The molecular formula is C12H12N4O3. The number of aromatic amines is 1. The normalized spacial score (nSPS) is 10.0. The lowest BCUT2D eigenvalue weighted by molar-refractivity contribution is 0.0601. The van der Waals surface area contributed by atoms with E-state index in [4.69, 9.17) is 0 Å². The topological polar surface area (TPSA) is 97.0 Å².